The summed E-state index contributed by atoms with van der Waals surface area (Å²) in [4.78, 5) is 12.0. The van der Waals surface area contributed by atoms with E-state index in [2.05, 4.69) is 5.32 Å². The monoisotopic (exact) mass is 389 g/mol. The summed E-state index contributed by atoms with van der Waals surface area (Å²) in [5.41, 5.74) is 0.633. The molecule has 3 rings (SSSR count). The molecule has 0 aliphatic carbocycles. The van der Waals surface area contributed by atoms with Crippen molar-refractivity contribution < 1.29 is 23.6 Å². The average molecular weight is 389 g/mol. The number of alkyl carbamates (subject to hydrolysis) is 1. The maximum Gasteiger partial charge on any atom is 0.498 e. The zero-order valence-electron chi connectivity index (χ0n) is 18.0. The van der Waals surface area contributed by atoms with Crippen LogP contribution in [0.1, 0.15) is 66.4 Å². The first-order chi connectivity index (χ1) is 12.9. The van der Waals surface area contributed by atoms with Crippen LogP contribution in [0.3, 0.4) is 0 Å². The summed E-state index contributed by atoms with van der Waals surface area (Å²) in [6, 6.07) is 6.03. The van der Waals surface area contributed by atoms with Gasteiger partial charge in [0.25, 0.3) is 0 Å². The normalized spacial score (nSPS) is 23.0. The van der Waals surface area contributed by atoms with Crippen molar-refractivity contribution in [1.29, 1.82) is 0 Å². The number of benzene rings is 1. The van der Waals surface area contributed by atoms with E-state index in [0.717, 1.165) is 23.2 Å². The third kappa shape index (κ3) is 4.30. The van der Waals surface area contributed by atoms with E-state index < -0.39 is 30.0 Å². The molecule has 1 N–H and O–H groups in total. The number of para-hydroxylation sites is 1. The van der Waals surface area contributed by atoms with Crippen LogP contribution in [0.15, 0.2) is 18.2 Å². The van der Waals surface area contributed by atoms with Gasteiger partial charge in [-0.05, 0) is 60.5 Å². The number of carbonyl (C=O) groups is 1. The zero-order chi connectivity index (χ0) is 20.7. The molecule has 2 aliphatic heterocycles. The fraction of sp³-hybridized carbons (Fsp3) is 0.667. The number of amides is 1. The lowest BCUT2D eigenvalue weighted by Gasteiger charge is -2.32. The lowest BCUT2D eigenvalue weighted by atomic mass is 9.75. The molecule has 1 fully saturated rings. The third-order valence-corrected chi connectivity index (χ3v) is 5.63. The first-order valence-corrected chi connectivity index (χ1v) is 9.98. The minimum Gasteiger partial charge on any atom is -0.494 e. The molecule has 0 saturated carbocycles. The number of fused-ring (bicyclic) bond motifs is 1. The molecule has 1 aromatic rings. The molecule has 1 aromatic carbocycles. The van der Waals surface area contributed by atoms with Crippen LogP contribution in [0, 0.1) is 0 Å². The molecule has 0 aromatic heterocycles. The van der Waals surface area contributed by atoms with Crippen LogP contribution in [0.2, 0.25) is 0 Å². The van der Waals surface area contributed by atoms with Gasteiger partial charge in [0.1, 0.15) is 11.4 Å². The highest BCUT2D eigenvalue weighted by Gasteiger charge is 2.52. The van der Waals surface area contributed by atoms with Gasteiger partial charge in [0, 0.05) is 17.9 Å². The fourth-order valence-corrected chi connectivity index (χ4v) is 3.41. The Labute approximate surface area is 168 Å². The minimum atomic E-state index is -0.512. The number of hydrogen-bond donors (Lipinski definition) is 1. The number of nitrogens with one attached hydrogen (secondary N) is 1. The highest BCUT2D eigenvalue weighted by Crippen LogP contribution is 2.39. The molecule has 0 spiro atoms. The van der Waals surface area contributed by atoms with Crippen LogP contribution in [0.25, 0.3) is 0 Å². The van der Waals surface area contributed by atoms with E-state index >= 15 is 0 Å². The largest absolute Gasteiger partial charge is 0.498 e. The average Bonchev–Trinajstić information content (AvgIpc) is 2.78. The Balaban J connectivity index is 1.77. The van der Waals surface area contributed by atoms with E-state index in [1.807, 2.05) is 66.7 Å². The lowest BCUT2D eigenvalue weighted by molar-refractivity contribution is 0.00578. The van der Waals surface area contributed by atoms with E-state index in [9.17, 15) is 4.79 Å². The third-order valence-electron chi connectivity index (χ3n) is 5.63. The zero-order valence-corrected chi connectivity index (χ0v) is 18.0. The molecule has 2 aliphatic rings. The van der Waals surface area contributed by atoms with Crippen LogP contribution >= 0.6 is 0 Å². The van der Waals surface area contributed by atoms with E-state index in [-0.39, 0.29) is 5.92 Å². The van der Waals surface area contributed by atoms with Gasteiger partial charge in [-0.15, -0.1) is 0 Å². The van der Waals surface area contributed by atoms with Gasteiger partial charge in [0.15, 0.2) is 0 Å². The Morgan fingerprint density at radius 2 is 1.86 bits per heavy atom. The van der Waals surface area contributed by atoms with Gasteiger partial charge >= 0.3 is 13.2 Å². The molecule has 6 nitrogen and oxygen atoms in total. The summed E-state index contributed by atoms with van der Waals surface area (Å²) in [5, 5.41) is 2.89. The van der Waals surface area contributed by atoms with Crippen molar-refractivity contribution in [3.63, 3.8) is 0 Å². The van der Waals surface area contributed by atoms with Crippen molar-refractivity contribution in [2.24, 2.45) is 0 Å². The number of hydrogen-bond acceptors (Lipinski definition) is 5. The Bertz CT molecular complexity index is 725. The van der Waals surface area contributed by atoms with Crippen LogP contribution in [-0.4, -0.2) is 43.2 Å². The standard InChI is InChI=1S/C21H32BNO5/c1-19(2,3)26-18(24)23-13-14-11-12-25-17-15(14)9-8-10-16(17)22-27-20(4,5)21(6,7)28-22/h8-10,14H,11-13H2,1-7H3,(H,23,24)/t14-/m0/s1. The molecule has 0 bridgehead atoms. The summed E-state index contributed by atoms with van der Waals surface area (Å²) >= 11 is 0. The molecule has 0 unspecified atom stereocenters. The molecule has 2 heterocycles. The van der Waals surface area contributed by atoms with Gasteiger partial charge < -0.3 is 24.1 Å². The predicted octanol–water partition coefficient (Wildman–Crippen LogP) is 3.38. The molecule has 154 valence electrons. The number of carbonyl (C=O) groups excluding carboxylic acids is 1. The summed E-state index contributed by atoms with van der Waals surface area (Å²) in [6.45, 7) is 14.8. The van der Waals surface area contributed by atoms with E-state index in [1.165, 1.54) is 0 Å². The van der Waals surface area contributed by atoms with Crippen molar-refractivity contribution in [2.45, 2.75) is 77.6 Å². The van der Waals surface area contributed by atoms with Gasteiger partial charge in [-0.1, -0.05) is 18.2 Å². The summed E-state index contributed by atoms with van der Waals surface area (Å²) in [6.07, 6.45) is 0.429. The van der Waals surface area contributed by atoms with Gasteiger partial charge in [0.05, 0.1) is 17.8 Å². The van der Waals surface area contributed by atoms with E-state index in [0.29, 0.717) is 13.2 Å². The topological polar surface area (TPSA) is 66.0 Å². The molecule has 28 heavy (non-hydrogen) atoms. The molecule has 1 amide bonds. The van der Waals surface area contributed by atoms with Crippen molar-refractivity contribution >= 4 is 18.7 Å². The van der Waals surface area contributed by atoms with Gasteiger partial charge in [-0.25, -0.2) is 4.79 Å². The van der Waals surface area contributed by atoms with E-state index in [4.69, 9.17) is 18.8 Å². The Hall–Kier alpha value is -1.73. The highest BCUT2D eigenvalue weighted by molar-refractivity contribution is 6.63. The Morgan fingerprint density at radius 3 is 2.46 bits per heavy atom. The highest BCUT2D eigenvalue weighted by atomic mass is 16.7. The van der Waals surface area contributed by atoms with Crippen molar-refractivity contribution in [2.75, 3.05) is 13.2 Å². The molecule has 0 radical (unpaired) electrons. The molecule has 1 atom stereocenters. The molecule has 7 heteroatoms. The van der Waals surface area contributed by atoms with Gasteiger partial charge in [-0.2, -0.15) is 0 Å². The second-order valence-corrected chi connectivity index (χ2v) is 9.57. The van der Waals surface area contributed by atoms with Gasteiger partial charge in [-0.3, -0.25) is 0 Å². The number of ether oxygens (including phenoxy) is 2. The SMILES string of the molecule is CC(C)(C)OC(=O)NC[C@@H]1CCOc2c(B3OC(C)(C)C(C)(C)O3)cccc21. The second-order valence-electron chi connectivity index (χ2n) is 9.57. The fourth-order valence-electron chi connectivity index (χ4n) is 3.41. The molecular formula is C21H32BNO5. The van der Waals surface area contributed by atoms with Crippen molar-refractivity contribution in [3.8, 4) is 5.75 Å². The minimum absolute atomic E-state index is 0.152. The number of rotatable bonds is 3. The maximum atomic E-state index is 12.0. The summed E-state index contributed by atoms with van der Waals surface area (Å²) < 4.78 is 23.8. The van der Waals surface area contributed by atoms with Crippen molar-refractivity contribution in [1.82, 2.24) is 5.32 Å². The molecular weight excluding hydrogens is 357 g/mol. The maximum absolute atomic E-state index is 12.0. The van der Waals surface area contributed by atoms with Gasteiger partial charge in [0.2, 0.25) is 0 Å². The van der Waals surface area contributed by atoms with Crippen LogP contribution < -0.4 is 15.5 Å². The quantitative estimate of drug-likeness (QED) is 0.803. The second kappa shape index (κ2) is 7.27. The smallest absolute Gasteiger partial charge is 0.494 e. The van der Waals surface area contributed by atoms with Crippen molar-refractivity contribution in [3.05, 3.63) is 23.8 Å². The van der Waals surface area contributed by atoms with Crippen LogP contribution in [-0.2, 0) is 14.0 Å². The van der Waals surface area contributed by atoms with Crippen LogP contribution in [0.5, 0.6) is 5.75 Å². The van der Waals surface area contributed by atoms with E-state index in [1.54, 1.807) is 0 Å². The first-order valence-electron chi connectivity index (χ1n) is 9.98. The summed E-state index contributed by atoms with van der Waals surface area (Å²) in [7, 11) is -0.475. The Kier molecular flexibility index (Phi) is 5.45. The lowest BCUT2D eigenvalue weighted by Crippen LogP contribution is -2.41. The molecule has 1 saturated heterocycles. The first kappa shape index (κ1) is 21.0. The predicted molar refractivity (Wildman–Crippen MR) is 109 cm³/mol. The van der Waals surface area contributed by atoms with Crippen LogP contribution in [0.4, 0.5) is 4.79 Å². The summed E-state index contributed by atoms with van der Waals surface area (Å²) in [5.74, 6) is 0.960. The Morgan fingerprint density at radius 1 is 1.21 bits per heavy atom.